The van der Waals surface area contributed by atoms with Crippen LogP contribution in [0.3, 0.4) is 0 Å². The molecule has 0 saturated heterocycles. The fourth-order valence-corrected chi connectivity index (χ4v) is 4.51. The SMILES string of the molecule is O=C(NC1CCc2ccccc21)c1sc2ccccc2c1Cl. The molecule has 0 bridgehead atoms. The highest BCUT2D eigenvalue weighted by atomic mass is 35.5. The van der Waals surface area contributed by atoms with Gasteiger partial charge in [0.15, 0.2) is 0 Å². The van der Waals surface area contributed by atoms with E-state index < -0.39 is 0 Å². The third-order valence-electron chi connectivity index (χ3n) is 4.18. The first-order valence-electron chi connectivity index (χ1n) is 7.30. The predicted octanol–water partition coefficient (Wildman–Crippen LogP) is 4.97. The Kier molecular flexibility index (Phi) is 3.40. The number of carbonyl (C=O) groups is 1. The smallest absolute Gasteiger partial charge is 0.263 e. The van der Waals surface area contributed by atoms with Crippen molar-refractivity contribution in [1.29, 1.82) is 0 Å². The van der Waals surface area contributed by atoms with Crippen LogP contribution in [0.5, 0.6) is 0 Å². The third-order valence-corrected chi connectivity index (χ3v) is 5.85. The van der Waals surface area contributed by atoms with Crippen LogP contribution < -0.4 is 5.32 Å². The minimum absolute atomic E-state index is 0.0760. The van der Waals surface area contributed by atoms with E-state index in [1.54, 1.807) is 0 Å². The Hall–Kier alpha value is -1.84. The van der Waals surface area contributed by atoms with Gasteiger partial charge in [0.25, 0.3) is 5.91 Å². The summed E-state index contributed by atoms with van der Waals surface area (Å²) in [5, 5.41) is 4.65. The molecule has 4 rings (SSSR count). The molecule has 2 aromatic carbocycles. The minimum atomic E-state index is -0.0760. The van der Waals surface area contributed by atoms with Gasteiger partial charge in [0.1, 0.15) is 4.88 Å². The highest BCUT2D eigenvalue weighted by Crippen LogP contribution is 2.36. The number of amides is 1. The van der Waals surface area contributed by atoms with Gasteiger partial charge in [-0.3, -0.25) is 4.79 Å². The lowest BCUT2D eigenvalue weighted by molar-refractivity contribution is 0.0941. The molecule has 4 heteroatoms. The van der Waals surface area contributed by atoms with Gasteiger partial charge in [-0.1, -0.05) is 54.1 Å². The Balaban J connectivity index is 1.64. The highest BCUT2D eigenvalue weighted by Gasteiger charge is 2.25. The van der Waals surface area contributed by atoms with Crippen molar-refractivity contribution in [2.24, 2.45) is 0 Å². The van der Waals surface area contributed by atoms with Gasteiger partial charge in [-0.2, -0.15) is 0 Å². The quantitative estimate of drug-likeness (QED) is 0.707. The van der Waals surface area contributed by atoms with Crippen molar-refractivity contribution in [2.45, 2.75) is 18.9 Å². The van der Waals surface area contributed by atoms with E-state index in [0.717, 1.165) is 22.9 Å². The van der Waals surface area contributed by atoms with Gasteiger partial charge in [0.2, 0.25) is 0 Å². The first kappa shape index (κ1) is 13.8. The van der Waals surface area contributed by atoms with E-state index in [1.807, 2.05) is 36.4 Å². The van der Waals surface area contributed by atoms with Crippen LogP contribution in [0.15, 0.2) is 48.5 Å². The molecule has 1 aromatic heterocycles. The molecular formula is C18H14ClNOS. The van der Waals surface area contributed by atoms with E-state index >= 15 is 0 Å². The summed E-state index contributed by atoms with van der Waals surface area (Å²) in [4.78, 5) is 13.2. The van der Waals surface area contributed by atoms with E-state index in [9.17, 15) is 4.79 Å². The van der Waals surface area contributed by atoms with Crippen LogP contribution in [-0.4, -0.2) is 5.91 Å². The van der Waals surface area contributed by atoms with Gasteiger partial charge in [0, 0.05) is 10.1 Å². The van der Waals surface area contributed by atoms with Crippen molar-refractivity contribution in [3.8, 4) is 0 Å². The van der Waals surface area contributed by atoms with Crippen LogP contribution >= 0.6 is 22.9 Å². The summed E-state index contributed by atoms with van der Waals surface area (Å²) in [7, 11) is 0. The molecule has 110 valence electrons. The molecule has 1 N–H and O–H groups in total. The number of carbonyl (C=O) groups excluding carboxylic acids is 1. The molecule has 3 aromatic rings. The largest absolute Gasteiger partial charge is 0.344 e. The van der Waals surface area contributed by atoms with Crippen LogP contribution in [0.4, 0.5) is 0 Å². The first-order chi connectivity index (χ1) is 10.7. The number of fused-ring (bicyclic) bond motifs is 2. The van der Waals surface area contributed by atoms with E-state index in [0.29, 0.717) is 9.90 Å². The number of rotatable bonds is 2. The number of thiophene rings is 1. The van der Waals surface area contributed by atoms with E-state index in [1.165, 1.54) is 22.5 Å². The van der Waals surface area contributed by atoms with Gasteiger partial charge in [0.05, 0.1) is 11.1 Å². The summed E-state index contributed by atoms with van der Waals surface area (Å²) in [6, 6.07) is 16.2. The number of benzene rings is 2. The molecule has 1 atom stereocenters. The summed E-state index contributed by atoms with van der Waals surface area (Å²) in [5.74, 6) is -0.0760. The number of hydrogen-bond donors (Lipinski definition) is 1. The second-order valence-corrected chi connectivity index (χ2v) is 6.94. The monoisotopic (exact) mass is 327 g/mol. The molecule has 22 heavy (non-hydrogen) atoms. The predicted molar refractivity (Wildman–Crippen MR) is 91.8 cm³/mol. The summed E-state index contributed by atoms with van der Waals surface area (Å²) < 4.78 is 1.05. The Labute approximate surface area is 137 Å². The van der Waals surface area contributed by atoms with Crippen molar-refractivity contribution >= 4 is 38.9 Å². The van der Waals surface area contributed by atoms with E-state index in [4.69, 9.17) is 11.6 Å². The molecule has 0 spiro atoms. The lowest BCUT2D eigenvalue weighted by Gasteiger charge is -2.13. The fraction of sp³-hybridized carbons (Fsp3) is 0.167. The molecule has 0 saturated carbocycles. The topological polar surface area (TPSA) is 29.1 Å². The zero-order chi connectivity index (χ0) is 15.1. The number of halogens is 1. The standard InChI is InChI=1S/C18H14ClNOS/c19-16-13-7-3-4-8-15(13)22-17(16)18(21)20-14-10-9-11-5-1-2-6-12(11)14/h1-8,14H,9-10H2,(H,20,21). The maximum atomic E-state index is 12.6. The van der Waals surface area contributed by atoms with Gasteiger partial charge in [-0.15, -0.1) is 11.3 Å². The lowest BCUT2D eigenvalue weighted by atomic mass is 10.1. The minimum Gasteiger partial charge on any atom is -0.344 e. The molecular weight excluding hydrogens is 314 g/mol. The number of aryl methyl sites for hydroxylation is 1. The zero-order valence-corrected chi connectivity index (χ0v) is 13.4. The van der Waals surface area contributed by atoms with Gasteiger partial charge < -0.3 is 5.32 Å². The Morgan fingerprint density at radius 2 is 1.91 bits per heavy atom. The van der Waals surface area contributed by atoms with Gasteiger partial charge >= 0.3 is 0 Å². The van der Waals surface area contributed by atoms with Gasteiger partial charge in [-0.25, -0.2) is 0 Å². The second kappa shape index (κ2) is 5.41. The lowest BCUT2D eigenvalue weighted by Crippen LogP contribution is -2.26. The number of hydrogen-bond acceptors (Lipinski definition) is 2. The van der Waals surface area contributed by atoms with Crippen LogP contribution in [0.1, 0.15) is 33.3 Å². The molecule has 0 fully saturated rings. The maximum absolute atomic E-state index is 12.6. The van der Waals surface area contributed by atoms with Gasteiger partial charge in [-0.05, 0) is 30.0 Å². The van der Waals surface area contributed by atoms with Crippen LogP contribution in [0.2, 0.25) is 5.02 Å². The summed E-state index contributed by atoms with van der Waals surface area (Å²) in [5.41, 5.74) is 2.56. The van der Waals surface area contributed by atoms with Crippen LogP contribution in [0.25, 0.3) is 10.1 Å². The van der Waals surface area contributed by atoms with Crippen LogP contribution in [-0.2, 0) is 6.42 Å². The van der Waals surface area contributed by atoms with E-state index in [2.05, 4.69) is 17.4 Å². The van der Waals surface area contributed by atoms with Crippen LogP contribution in [0, 0.1) is 0 Å². The van der Waals surface area contributed by atoms with E-state index in [-0.39, 0.29) is 11.9 Å². The summed E-state index contributed by atoms with van der Waals surface area (Å²) >= 11 is 7.84. The first-order valence-corrected chi connectivity index (χ1v) is 8.49. The summed E-state index contributed by atoms with van der Waals surface area (Å²) in [6.07, 6.45) is 1.97. The average Bonchev–Trinajstić information content (AvgIpc) is 3.10. The molecule has 0 aliphatic heterocycles. The third kappa shape index (κ3) is 2.21. The zero-order valence-electron chi connectivity index (χ0n) is 11.8. The Bertz CT molecular complexity index is 870. The molecule has 1 aliphatic carbocycles. The van der Waals surface area contributed by atoms with Crippen molar-refractivity contribution in [1.82, 2.24) is 5.32 Å². The Morgan fingerprint density at radius 1 is 1.14 bits per heavy atom. The highest BCUT2D eigenvalue weighted by molar-refractivity contribution is 7.21. The van der Waals surface area contributed by atoms with Crippen molar-refractivity contribution in [3.63, 3.8) is 0 Å². The molecule has 1 unspecified atom stereocenters. The fourth-order valence-electron chi connectivity index (χ4n) is 3.09. The second-order valence-electron chi connectivity index (χ2n) is 5.50. The normalized spacial score (nSPS) is 16.7. The molecule has 0 radical (unpaired) electrons. The molecule has 2 nitrogen and oxygen atoms in total. The van der Waals surface area contributed by atoms with Crippen molar-refractivity contribution < 1.29 is 4.79 Å². The molecule has 1 amide bonds. The van der Waals surface area contributed by atoms with Crippen molar-refractivity contribution in [2.75, 3.05) is 0 Å². The molecule has 1 aliphatic rings. The van der Waals surface area contributed by atoms with Crippen molar-refractivity contribution in [3.05, 3.63) is 69.6 Å². The molecule has 1 heterocycles. The average molecular weight is 328 g/mol. The summed E-state index contributed by atoms with van der Waals surface area (Å²) in [6.45, 7) is 0. The Morgan fingerprint density at radius 3 is 2.77 bits per heavy atom. The number of nitrogens with one attached hydrogen (secondary N) is 1. The maximum Gasteiger partial charge on any atom is 0.263 e.